The van der Waals surface area contributed by atoms with Crippen molar-refractivity contribution in [2.45, 2.75) is 6.04 Å². The zero-order valence-corrected chi connectivity index (χ0v) is 16.6. The van der Waals surface area contributed by atoms with Gasteiger partial charge in [0.1, 0.15) is 17.0 Å². The van der Waals surface area contributed by atoms with Crippen molar-refractivity contribution in [3.63, 3.8) is 0 Å². The summed E-state index contributed by atoms with van der Waals surface area (Å²) < 4.78 is 14.7. The maximum atomic E-state index is 13.2. The van der Waals surface area contributed by atoms with Gasteiger partial charge in [-0.25, -0.2) is 9.37 Å². The molecule has 9 heteroatoms. The fourth-order valence-electron chi connectivity index (χ4n) is 3.85. The Morgan fingerprint density at radius 3 is 2.61 bits per heavy atom. The summed E-state index contributed by atoms with van der Waals surface area (Å²) in [4.78, 5) is 10.8. The summed E-state index contributed by atoms with van der Waals surface area (Å²) >= 11 is 3.21. The second kappa shape index (κ2) is 7.16. The third-order valence-electron chi connectivity index (χ3n) is 5.23. The summed E-state index contributed by atoms with van der Waals surface area (Å²) in [6.45, 7) is 3.61. The fraction of sp³-hybridized carbons (Fsp3) is 0.263. The summed E-state index contributed by atoms with van der Waals surface area (Å²) in [5.41, 5.74) is 1.05. The van der Waals surface area contributed by atoms with E-state index in [2.05, 4.69) is 32.5 Å². The van der Waals surface area contributed by atoms with Crippen molar-refractivity contribution in [3.05, 3.63) is 63.7 Å². The highest BCUT2D eigenvalue weighted by Crippen LogP contribution is 2.36. The zero-order valence-electron chi connectivity index (χ0n) is 15.0. The summed E-state index contributed by atoms with van der Waals surface area (Å²) in [5, 5.41) is 17.0. The molecule has 0 amide bonds. The Kier molecular flexibility index (Phi) is 4.50. The molecule has 1 aliphatic heterocycles. The molecule has 1 atom stereocenters. The summed E-state index contributed by atoms with van der Waals surface area (Å²) in [6, 6.07) is 10.9. The number of halogens is 1. The highest BCUT2D eigenvalue weighted by atomic mass is 32.1. The summed E-state index contributed by atoms with van der Waals surface area (Å²) in [6.07, 6.45) is 1.46. The van der Waals surface area contributed by atoms with Crippen LogP contribution in [0.5, 0.6) is 5.88 Å². The molecule has 1 aromatic carbocycles. The van der Waals surface area contributed by atoms with Crippen molar-refractivity contribution in [2.24, 2.45) is 0 Å². The Bertz CT molecular complexity index is 1070. The molecule has 4 heterocycles. The fourth-order valence-corrected chi connectivity index (χ4v) is 5.92. The minimum Gasteiger partial charge on any atom is -0.492 e. The summed E-state index contributed by atoms with van der Waals surface area (Å²) in [5.74, 6) is -0.0260. The first kappa shape index (κ1) is 17.6. The molecular formula is C19H19FN5OS2+. The Hall–Kier alpha value is -2.49. The van der Waals surface area contributed by atoms with E-state index in [1.54, 1.807) is 11.3 Å². The molecule has 1 fully saturated rings. The average Bonchev–Trinajstić information content (AvgIpc) is 3.45. The number of aromatic nitrogens is 3. The molecule has 6 nitrogen and oxygen atoms in total. The molecule has 5 rings (SSSR count). The molecule has 2 N–H and O–H groups in total. The molecule has 0 unspecified atom stereocenters. The zero-order chi connectivity index (χ0) is 19.1. The number of aromatic hydroxyl groups is 1. The lowest BCUT2D eigenvalue weighted by Gasteiger charge is -2.37. The van der Waals surface area contributed by atoms with Gasteiger partial charge in [0.2, 0.25) is 10.8 Å². The predicted molar refractivity (Wildman–Crippen MR) is 108 cm³/mol. The molecule has 0 spiro atoms. The Labute approximate surface area is 169 Å². The van der Waals surface area contributed by atoms with Crippen LogP contribution in [-0.2, 0) is 0 Å². The van der Waals surface area contributed by atoms with Gasteiger partial charge in [0.25, 0.3) is 0 Å². The highest BCUT2D eigenvalue weighted by molar-refractivity contribution is 7.17. The van der Waals surface area contributed by atoms with Crippen molar-refractivity contribution >= 4 is 33.3 Å². The van der Waals surface area contributed by atoms with Crippen molar-refractivity contribution < 1.29 is 14.4 Å². The van der Waals surface area contributed by atoms with Gasteiger partial charge in [-0.15, -0.1) is 11.3 Å². The number of nitrogens with one attached hydrogen (secondary N) is 1. The molecule has 0 aliphatic carbocycles. The molecule has 144 valence electrons. The van der Waals surface area contributed by atoms with Crippen molar-refractivity contribution in [2.75, 3.05) is 31.1 Å². The maximum absolute atomic E-state index is 13.2. The molecular weight excluding hydrogens is 397 g/mol. The van der Waals surface area contributed by atoms with E-state index >= 15 is 0 Å². The number of anilines is 1. The van der Waals surface area contributed by atoms with Crippen LogP contribution in [0.25, 0.3) is 4.96 Å². The van der Waals surface area contributed by atoms with Crippen molar-refractivity contribution in [1.29, 1.82) is 0 Å². The van der Waals surface area contributed by atoms with Crippen LogP contribution in [-0.4, -0.2) is 45.9 Å². The van der Waals surface area contributed by atoms with Crippen LogP contribution >= 0.6 is 22.7 Å². The number of hydrogen-bond acceptors (Lipinski definition) is 6. The lowest BCUT2D eigenvalue weighted by Crippen LogP contribution is -3.15. The van der Waals surface area contributed by atoms with Crippen LogP contribution in [0.2, 0.25) is 0 Å². The number of rotatable bonds is 4. The van der Waals surface area contributed by atoms with E-state index in [1.165, 1.54) is 44.1 Å². The van der Waals surface area contributed by atoms with Gasteiger partial charge < -0.3 is 14.9 Å². The second-order valence-corrected chi connectivity index (χ2v) is 8.80. The van der Waals surface area contributed by atoms with E-state index < -0.39 is 0 Å². The topological polar surface area (TPSA) is 58.1 Å². The number of thiazole rings is 1. The van der Waals surface area contributed by atoms with E-state index in [4.69, 9.17) is 0 Å². The Morgan fingerprint density at radius 2 is 1.93 bits per heavy atom. The third-order valence-corrected chi connectivity index (χ3v) is 7.27. The lowest BCUT2D eigenvalue weighted by atomic mass is 10.1. The van der Waals surface area contributed by atoms with E-state index in [0.717, 1.165) is 36.7 Å². The van der Waals surface area contributed by atoms with Gasteiger partial charge in [0.05, 0.1) is 31.1 Å². The first-order chi connectivity index (χ1) is 13.7. The number of fused-ring (bicyclic) bond motifs is 1. The van der Waals surface area contributed by atoms with Gasteiger partial charge in [-0.05, 0) is 35.7 Å². The Morgan fingerprint density at radius 1 is 1.14 bits per heavy atom. The van der Waals surface area contributed by atoms with Gasteiger partial charge in [-0.2, -0.15) is 9.61 Å². The van der Waals surface area contributed by atoms with E-state index in [1.807, 2.05) is 12.1 Å². The van der Waals surface area contributed by atoms with Crippen LogP contribution in [0, 0.1) is 5.82 Å². The number of thiophene rings is 1. The van der Waals surface area contributed by atoms with E-state index in [0.29, 0.717) is 4.96 Å². The molecule has 0 bridgehead atoms. The van der Waals surface area contributed by atoms with Gasteiger partial charge in [0, 0.05) is 5.69 Å². The number of hydrogen-bond donors (Lipinski definition) is 2. The SMILES string of the molecule is Oc1c([C@@H](c2cccs2)[NH+]2CCN(c3ccc(F)cc3)CC2)sc2ncnn12. The standard InChI is InChI=1S/C19H18FN5OS2/c20-13-3-5-14(6-4-13)23-7-9-24(10-8-23)16(15-2-1-11-27-15)17-18(26)25-19(28-17)21-12-22-25/h1-6,11-12,16,26H,7-10H2/p+1/t16-/m1/s1. The maximum Gasteiger partial charge on any atom is 0.235 e. The smallest absolute Gasteiger partial charge is 0.235 e. The van der Waals surface area contributed by atoms with Gasteiger partial charge in [-0.1, -0.05) is 17.4 Å². The largest absolute Gasteiger partial charge is 0.492 e. The normalized spacial score (nSPS) is 16.7. The molecule has 4 aromatic rings. The molecule has 3 aromatic heterocycles. The minimum atomic E-state index is -0.211. The van der Waals surface area contributed by atoms with Crippen molar-refractivity contribution in [1.82, 2.24) is 14.6 Å². The first-order valence-corrected chi connectivity index (χ1v) is 10.8. The average molecular weight is 417 g/mol. The van der Waals surface area contributed by atoms with Crippen LogP contribution < -0.4 is 9.80 Å². The molecule has 28 heavy (non-hydrogen) atoms. The third kappa shape index (κ3) is 3.05. The summed E-state index contributed by atoms with van der Waals surface area (Å²) in [7, 11) is 0. The first-order valence-electron chi connectivity index (χ1n) is 9.10. The van der Waals surface area contributed by atoms with E-state index in [-0.39, 0.29) is 17.7 Å². The van der Waals surface area contributed by atoms with Crippen LogP contribution in [0.3, 0.4) is 0 Å². The highest BCUT2D eigenvalue weighted by Gasteiger charge is 2.35. The lowest BCUT2D eigenvalue weighted by molar-refractivity contribution is -0.925. The Balaban J connectivity index is 1.42. The van der Waals surface area contributed by atoms with Gasteiger partial charge in [0.15, 0.2) is 6.04 Å². The van der Waals surface area contributed by atoms with E-state index in [9.17, 15) is 9.50 Å². The van der Waals surface area contributed by atoms with Gasteiger partial charge >= 0.3 is 0 Å². The van der Waals surface area contributed by atoms with Crippen LogP contribution in [0.4, 0.5) is 10.1 Å². The molecule has 1 aliphatic rings. The predicted octanol–water partition coefficient (Wildman–Crippen LogP) is 2.19. The number of benzene rings is 1. The molecule has 0 radical (unpaired) electrons. The number of quaternary nitrogens is 1. The second-order valence-electron chi connectivity index (χ2n) is 6.81. The van der Waals surface area contributed by atoms with Gasteiger partial charge in [-0.3, -0.25) is 0 Å². The minimum absolute atomic E-state index is 0.0591. The monoisotopic (exact) mass is 416 g/mol. The molecule has 1 saturated heterocycles. The number of piperazine rings is 1. The van der Waals surface area contributed by atoms with Crippen LogP contribution in [0.1, 0.15) is 15.8 Å². The quantitative estimate of drug-likeness (QED) is 0.536. The van der Waals surface area contributed by atoms with Crippen LogP contribution in [0.15, 0.2) is 48.1 Å². The number of nitrogens with zero attached hydrogens (tertiary/aromatic N) is 4. The van der Waals surface area contributed by atoms with Crippen molar-refractivity contribution in [3.8, 4) is 5.88 Å². The molecule has 0 saturated carbocycles.